The summed E-state index contributed by atoms with van der Waals surface area (Å²) < 4.78 is 0. The summed E-state index contributed by atoms with van der Waals surface area (Å²) in [7, 11) is 0. The van der Waals surface area contributed by atoms with Crippen LogP contribution in [0.3, 0.4) is 0 Å². The lowest BCUT2D eigenvalue weighted by Gasteiger charge is -2.16. The minimum atomic E-state index is -0.353. The van der Waals surface area contributed by atoms with Crippen LogP contribution in [0, 0.1) is 0 Å². The predicted octanol–water partition coefficient (Wildman–Crippen LogP) is 3.19. The van der Waals surface area contributed by atoms with Crippen LogP contribution < -0.4 is 10.6 Å². The number of rotatable bonds is 2. The first kappa shape index (κ1) is 13.4. The van der Waals surface area contributed by atoms with Crippen molar-refractivity contribution >= 4 is 23.2 Å². The number of hydrogen-bond donors (Lipinski definition) is 1. The van der Waals surface area contributed by atoms with Gasteiger partial charge in [0.05, 0.1) is 16.8 Å². The Hall–Kier alpha value is -2.62. The molecule has 2 amide bonds. The summed E-state index contributed by atoms with van der Waals surface area (Å²) in [5.74, 6) is -0.345. The van der Waals surface area contributed by atoms with E-state index in [0.29, 0.717) is 28.4 Å². The van der Waals surface area contributed by atoms with E-state index in [0.717, 1.165) is 5.56 Å². The minimum absolute atomic E-state index is 0.303. The third kappa shape index (κ3) is 2.00. The van der Waals surface area contributed by atoms with Crippen LogP contribution in [0.1, 0.15) is 46.0 Å². The highest BCUT2D eigenvalue weighted by Crippen LogP contribution is 2.32. The lowest BCUT2D eigenvalue weighted by Crippen LogP contribution is -2.29. The second-order valence-corrected chi connectivity index (χ2v) is 5.47. The normalized spacial score (nSPS) is 14.0. The van der Waals surface area contributed by atoms with Gasteiger partial charge < -0.3 is 5.73 Å². The molecule has 0 radical (unpaired) electrons. The maximum Gasteiger partial charge on any atom is 0.268 e. The van der Waals surface area contributed by atoms with Gasteiger partial charge in [0.25, 0.3) is 11.8 Å². The Morgan fingerprint density at radius 3 is 2.38 bits per heavy atom. The fourth-order valence-electron chi connectivity index (χ4n) is 2.57. The number of carbonyl (C=O) groups is 2. The zero-order chi connectivity index (χ0) is 15.1. The van der Waals surface area contributed by atoms with Crippen LogP contribution in [0.15, 0.2) is 42.5 Å². The van der Waals surface area contributed by atoms with Gasteiger partial charge in [-0.1, -0.05) is 32.0 Å². The van der Waals surface area contributed by atoms with E-state index >= 15 is 0 Å². The number of amides is 2. The molecule has 0 spiro atoms. The molecule has 3 rings (SSSR count). The number of fused-ring (bicyclic) bond motifs is 1. The van der Waals surface area contributed by atoms with Gasteiger partial charge in [-0.25, -0.2) is 4.90 Å². The number of nitrogens with zero attached hydrogens (tertiary/aromatic N) is 1. The summed E-state index contributed by atoms with van der Waals surface area (Å²) in [5.41, 5.74) is 8.53. The average Bonchev–Trinajstić information content (AvgIpc) is 2.72. The van der Waals surface area contributed by atoms with Crippen molar-refractivity contribution < 1.29 is 9.59 Å². The van der Waals surface area contributed by atoms with Crippen LogP contribution in [0.25, 0.3) is 0 Å². The van der Waals surface area contributed by atoms with Gasteiger partial charge in [-0.15, -0.1) is 0 Å². The van der Waals surface area contributed by atoms with Crippen LogP contribution in [0.5, 0.6) is 0 Å². The first-order chi connectivity index (χ1) is 10.0. The molecule has 0 saturated heterocycles. The molecule has 1 aliphatic rings. The zero-order valence-corrected chi connectivity index (χ0v) is 12.0. The summed E-state index contributed by atoms with van der Waals surface area (Å²) in [4.78, 5) is 26.2. The molecule has 4 nitrogen and oxygen atoms in total. The van der Waals surface area contributed by atoms with E-state index in [4.69, 9.17) is 5.73 Å². The molecule has 0 aromatic heterocycles. The van der Waals surface area contributed by atoms with Crippen LogP contribution in [-0.4, -0.2) is 11.8 Å². The molecular weight excluding hydrogens is 264 g/mol. The third-order valence-corrected chi connectivity index (χ3v) is 3.74. The van der Waals surface area contributed by atoms with Gasteiger partial charge in [-0.2, -0.15) is 0 Å². The first-order valence-corrected chi connectivity index (χ1v) is 6.88. The van der Waals surface area contributed by atoms with Gasteiger partial charge >= 0.3 is 0 Å². The molecular formula is C17H16N2O2. The van der Waals surface area contributed by atoms with Gasteiger partial charge in [0, 0.05) is 5.69 Å². The topological polar surface area (TPSA) is 63.4 Å². The lowest BCUT2D eigenvalue weighted by atomic mass is 10.0. The van der Waals surface area contributed by atoms with Crippen LogP contribution >= 0.6 is 0 Å². The molecule has 21 heavy (non-hydrogen) atoms. The maximum atomic E-state index is 12.5. The van der Waals surface area contributed by atoms with Crippen molar-refractivity contribution in [3.63, 3.8) is 0 Å². The summed E-state index contributed by atoms with van der Waals surface area (Å²) in [6, 6.07) is 12.5. The van der Waals surface area contributed by atoms with Crippen LogP contribution in [-0.2, 0) is 0 Å². The lowest BCUT2D eigenvalue weighted by molar-refractivity contribution is 0.0926. The second-order valence-electron chi connectivity index (χ2n) is 5.47. The molecule has 1 heterocycles. The largest absolute Gasteiger partial charge is 0.398 e. The van der Waals surface area contributed by atoms with Crippen molar-refractivity contribution in [3.05, 3.63) is 59.2 Å². The van der Waals surface area contributed by atoms with E-state index in [9.17, 15) is 9.59 Å². The Morgan fingerprint density at radius 1 is 1.00 bits per heavy atom. The smallest absolute Gasteiger partial charge is 0.268 e. The fraction of sp³-hybridized carbons (Fsp3) is 0.176. The molecule has 2 N–H and O–H groups in total. The molecule has 0 unspecified atom stereocenters. The number of hydrogen-bond acceptors (Lipinski definition) is 3. The van der Waals surface area contributed by atoms with E-state index in [2.05, 4.69) is 13.8 Å². The first-order valence-electron chi connectivity index (χ1n) is 6.88. The van der Waals surface area contributed by atoms with Crippen molar-refractivity contribution in [1.82, 2.24) is 0 Å². The molecule has 2 aromatic carbocycles. The van der Waals surface area contributed by atoms with E-state index in [1.807, 2.05) is 18.2 Å². The van der Waals surface area contributed by atoms with Gasteiger partial charge in [0.15, 0.2) is 0 Å². The molecule has 106 valence electrons. The Bertz CT molecular complexity index is 750. The standard InChI is InChI=1S/C17H16N2O2/c1-10(2)11-5-3-6-12(9-11)19-16(20)13-7-4-8-14(18)15(13)17(19)21/h3-10H,18H2,1-2H3. The summed E-state index contributed by atoms with van der Waals surface area (Å²) in [6.45, 7) is 4.14. The highest BCUT2D eigenvalue weighted by molar-refractivity contribution is 6.35. The highest BCUT2D eigenvalue weighted by Gasteiger charge is 2.38. The fourth-order valence-corrected chi connectivity index (χ4v) is 2.57. The Labute approximate surface area is 123 Å². The SMILES string of the molecule is CC(C)c1cccc(N2C(=O)c3cccc(N)c3C2=O)c1. The van der Waals surface area contributed by atoms with Gasteiger partial charge in [0.1, 0.15) is 0 Å². The van der Waals surface area contributed by atoms with E-state index in [1.165, 1.54) is 4.90 Å². The predicted molar refractivity (Wildman–Crippen MR) is 82.5 cm³/mol. The van der Waals surface area contributed by atoms with Crippen molar-refractivity contribution in [3.8, 4) is 0 Å². The van der Waals surface area contributed by atoms with E-state index < -0.39 is 0 Å². The summed E-state index contributed by atoms with van der Waals surface area (Å²) in [5, 5.41) is 0. The Balaban J connectivity index is 2.10. The van der Waals surface area contributed by atoms with Gasteiger partial charge in [-0.05, 0) is 35.7 Å². The average molecular weight is 280 g/mol. The van der Waals surface area contributed by atoms with Gasteiger partial charge in [-0.3, -0.25) is 9.59 Å². The number of nitrogen functional groups attached to an aromatic ring is 1. The quantitative estimate of drug-likeness (QED) is 0.678. The van der Waals surface area contributed by atoms with Crippen molar-refractivity contribution in [2.24, 2.45) is 0 Å². The third-order valence-electron chi connectivity index (χ3n) is 3.74. The van der Waals surface area contributed by atoms with E-state index in [1.54, 1.807) is 24.3 Å². The Morgan fingerprint density at radius 2 is 1.71 bits per heavy atom. The zero-order valence-electron chi connectivity index (χ0n) is 12.0. The van der Waals surface area contributed by atoms with Gasteiger partial charge in [0.2, 0.25) is 0 Å². The molecule has 0 aliphatic carbocycles. The van der Waals surface area contributed by atoms with E-state index in [-0.39, 0.29) is 11.8 Å². The Kier molecular flexibility index (Phi) is 3.01. The number of anilines is 2. The number of carbonyl (C=O) groups excluding carboxylic acids is 2. The molecule has 1 aliphatic heterocycles. The minimum Gasteiger partial charge on any atom is -0.398 e. The summed E-state index contributed by atoms with van der Waals surface area (Å²) in [6.07, 6.45) is 0. The number of nitrogens with two attached hydrogens (primary N) is 1. The number of benzene rings is 2. The van der Waals surface area contributed by atoms with Crippen LogP contribution in [0.2, 0.25) is 0 Å². The van der Waals surface area contributed by atoms with Crippen molar-refractivity contribution in [2.45, 2.75) is 19.8 Å². The highest BCUT2D eigenvalue weighted by atomic mass is 16.2. The van der Waals surface area contributed by atoms with Crippen molar-refractivity contribution in [2.75, 3.05) is 10.6 Å². The molecule has 0 atom stereocenters. The molecule has 2 aromatic rings. The molecule has 4 heteroatoms. The molecule has 0 fully saturated rings. The monoisotopic (exact) mass is 280 g/mol. The summed E-state index contributed by atoms with van der Waals surface area (Å²) >= 11 is 0. The van der Waals surface area contributed by atoms with Crippen molar-refractivity contribution in [1.29, 1.82) is 0 Å². The second kappa shape index (κ2) is 4.74. The molecule has 0 bridgehead atoms. The van der Waals surface area contributed by atoms with Crippen LogP contribution in [0.4, 0.5) is 11.4 Å². The molecule has 0 saturated carbocycles. The maximum absolute atomic E-state index is 12.5. The number of imide groups is 1.